The zero-order valence-electron chi connectivity index (χ0n) is 10.4. The summed E-state index contributed by atoms with van der Waals surface area (Å²) in [7, 11) is 0. The van der Waals surface area contributed by atoms with Crippen LogP contribution in [0.3, 0.4) is 0 Å². The Kier molecular flexibility index (Phi) is 3.99. The van der Waals surface area contributed by atoms with Crippen molar-refractivity contribution in [2.75, 3.05) is 0 Å². The minimum absolute atomic E-state index is 0.713. The Balaban J connectivity index is 1.69. The molecule has 90 valence electrons. The molecule has 2 N–H and O–H groups in total. The van der Waals surface area contributed by atoms with Gasteiger partial charge in [0.1, 0.15) is 0 Å². The predicted molar refractivity (Wildman–Crippen MR) is 66.0 cm³/mol. The Hall–Kier alpha value is -0.830. The van der Waals surface area contributed by atoms with Crippen molar-refractivity contribution in [3.63, 3.8) is 0 Å². The monoisotopic (exact) mass is 221 g/mol. The van der Waals surface area contributed by atoms with Gasteiger partial charge in [-0.25, -0.2) is 0 Å². The van der Waals surface area contributed by atoms with Gasteiger partial charge in [-0.1, -0.05) is 13.8 Å². The van der Waals surface area contributed by atoms with Gasteiger partial charge in [-0.3, -0.25) is 5.10 Å². The molecule has 1 aromatic heterocycles. The molecule has 0 atom stereocenters. The van der Waals surface area contributed by atoms with E-state index in [9.17, 15) is 0 Å². The molecule has 1 heterocycles. The number of rotatable bonds is 4. The van der Waals surface area contributed by atoms with Crippen LogP contribution >= 0.6 is 0 Å². The Bertz CT molecular complexity index is 284. The second-order valence-corrected chi connectivity index (χ2v) is 5.34. The van der Waals surface area contributed by atoms with Crippen molar-refractivity contribution in [3.05, 3.63) is 18.0 Å². The number of nitrogens with zero attached hydrogens (tertiary/aromatic N) is 1. The van der Waals surface area contributed by atoms with Crippen LogP contribution in [0.4, 0.5) is 0 Å². The molecule has 0 unspecified atom stereocenters. The normalized spacial score (nSPS) is 26.2. The maximum Gasteiger partial charge on any atom is 0.0532 e. The highest BCUT2D eigenvalue weighted by atomic mass is 15.1. The lowest BCUT2D eigenvalue weighted by Gasteiger charge is -2.31. The van der Waals surface area contributed by atoms with E-state index in [-0.39, 0.29) is 0 Å². The van der Waals surface area contributed by atoms with Crippen molar-refractivity contribution < 1.29 is 0 Å². The summed E-state index contributed by atoms with van der Waals surface area (Å²) in [6, 6.07) is 0.713. The highest BCUT2D eigenvalue weighted by Crippen LogP contribution is 2.29. The third kappa shape index (κ3) is 3.08. The Morgan fingerprint density at radius 3 is 2.69 bits per heavy atom. The second-order valence-electron chi connectivity index (χ2n) is 5.34. The number of hydrogen-bond donors (Lipinski definition) is 2. The van der Waals surface area contributed by atoms with Crippen molar-refractivity contribution in [1.82, 2.24) is 15.5 Å². The predicted octanol–water partition coefficient (Wildman–Crippen LogP) is 2.71. The molecule has 1 aliphatic carbocycles. The molecule has 0 bridgehead atoms. The summed E-state index contributed by atoms with van der Waals surface area (Å²) >= 11 is 0. The van der Waals surface area contributed by atoms with Gasteiger partial charge in [0.05, 0.1) is 6.20 Å². The minimum Gasteiger partial charge on any atom is -0.310 e. The molecule has 1 aromatic rings. The topological polar surface area (TPSA) is 40.7 Å². The average molecular weight is 221 g/mol. The molecule has 1 aliphatic rings. The van der Waals surface area contributed by atoms with Gasteiger partial charge in [-0.05, 0) is 37.5 Å². The molecule has 0 amide bonds. The Morgan fingerprint density at radius 2 is 2.12 bits per heavy atom. The van der Waals surface area contributed by atoms with Gasteiger partial charge in [-0.2, -0.15) is 5.10 Å². The Morgan fingerprint density at radius 1 is 1.38 bits per heavy atom. The zero-order valence-corrected chi connectivity index (χ0v) is 10.4. The van der Waals surface area contributed by atoms with Crippen molar-refractivity contribution in [1.29, 1.82) is 0 Å². The summed E-state index contributed by atoms with van der Waals surface area (Å²) in [5.74, 6) is 1.81. The van der Waals surface area contributed by atoms with E-state index in [4.69, 9.17) is 0 Å². The van der Waals surface area contributed by atoms with E-state index < -0.39 is 0 Å². The Labute approximate surface area is 98.0 Å². The van der Waals surface area contributed by atoms with Gasteiger partial charge >= 0.3 is 0 Å². The molecular formula is C13H23N3. The lowest BCUT2D eigenvalue weighted by Crippen LogP contribution is -2.33. The first kappa shape index (κ1) is 11.6. The summed E-state index contributed by atoms with van der Waals surface area (Å²) < 4.78 is 0. The number of aromatic amines is 1. The molecule has 3 nitrogen and oxygen atoms in total. The molecule has 0 radical (unpaired) electrons. The van der Waals surface area contributed by atoms with Gasteiger partial charge in [-0.15, -0.1) is 0 Å². The van der Waals surface area contributed by atoms with Crippen LogP contribution in [0.2, 0.25) is 0 Å². The molecule has 3 heteroatoms. The van der Waals surface area contributed by atoms with Crippen molar-refractivity contribution in [2.45, 2.75) is 52.1 Å². The second kappa shape index (κ2) is 5.48. The van der Waals surface area contributed by atoms with Gasteiger partial charge in [0.15, 0.2) is 0 Å². The molecule has 2 rings (SSSR count). The van der Waals surface area contributed by atoms with E-state index in [1.807, 2.05) is 12.4 Å². The zero-order chi connectivity index (χ0) is 11.4. The van der Waals surface area contributed by atoms with Gasteiger partial charge in [0, 0.05) is 24.3 Å². The van der Waals surface area contributed by atoms with E-state index in [1.165, 1.54) is 31.2 Å². The SMILES string of the molecule is CC(C)C1CCC(NCc2cn[nH]c2)CC1. The molecule has 0 aliphatic heterocycles. The number of hydrogen-bond acceptors (Lipinski definition) is 2. The first-order valence-corrected chi connectivity index (χ1v) is 6.46. The van der Waals surface area contributed by atoms with Crippen LogP contribution in [0.15, 0.2) is 12.4 Å². The van der Waals surface area contributed by atoms with E-state index >= 15 is 0 Å². The highest BCUT2D eigenvalue weighted by Gasteiger charge is 2.22. The van der Waals surface area contributed by atoms with Crippen molar-refractivity contribution >= 4 is 0 Å². The fourth-order valence-corrected chi connectivity index (χ4v) is 2.63. The van der Waals surface area contributed by atoms with Crippen molar-refractivity contribution in [3.8, 4) is 0 Å². The summed E-state index contributed by atoms with van der Waals surface area (Å²) in [6.07, 6.45) is 9.31. The molecule has 1 fully saturated rings. The largest absolute Gasteiger partial charge is 0.310 e. The third-order valence-electron chi connectivity index (χ3n) is 3.86. The quantitative estimate of drug-likeness (QED) is 0.820. The van der Waals surface area contributed by atoms with Gasteiger partial charge in [0.25, 0.3) is 0 Å². The lowest BCUT2D eigenvalue weighted by atomic mass is 9.80. The third-order valence-corrected chi connectivity index (χ3v) is 3.86. The van der Waals surface area contributed by atoms with Crippen LogP contribution < -0.4 is 5.32 Å². The summed E-state index contributed by atoms with van der Waals surface area (Å²) in [6.45, 7) is 5.65. The van der Waals surface area contributed by atoms with Crippen LogP contribution in [0, 0.1) is 11.8 Å². The van der Waals surface area contributed by atoms with E-state index in [2.05, 4.69) is 29.4 Å². The highest BCUT2D eigenvalue weighted by molar-refractivity contribution is 5.01. The maximum atomic E-state index is 3.96. The lowest BCUT2D eigenvalue weighted by molar-refractivity contribution is 0.238. The molecular weight excluding hydrogens is 198 g/mol. The average Bonchev–Trinajstić information content (AvgIpc) is 2.80. The minimum atomic E-state index is 0.713. The van der Waals surface area contributed by atoms with Crippen LogP contribution in [-0.2, 0) is 6.54 Å². The first-order valence-electron chi connectivity index (χ1n) is 6.46. The van der Waals surface area contributed by atoms with E-state index in [0.717, 1.165) is 18.4 Å². The van der Waals surface area contributed by atoms with Gasteiger partial charge < -0.3 is 5.32 Å². The fourth-order valence-electron chi connectivity index (χ4n) is 2.63. The van der Waals surface area contributed by atoms with Crippen molar-refractivity contribution in [2.24, 2.45) is 11.8 Å². The van der Waals surface area contributed by atoms with Crippen LogP contribution in [-0.4, -0.2) is 16.2 Å². The van der Waals surface area contributed by atoms with Gasteiger partial charge in [0.2, 0.25) is 0 Å². The van der Waals surface area contributed by atoms with Crippen LogP contribution in [0.25, 0.3) is 0 Å². The molecule has 1 saturated carbocycles. The molecule has 0 saturated heterocycles. The number of H-pyrrole nitrogens is 1. The molecule has 0 spiro atoms. The fraction of sp³-hybridized carbons (Fsp3) is 0.769. The van der Waals surface area contributed by atoms with Crippen LogP contribution in [0.5, 0.6) is 0 Å². The maximum absolute atomic E-state index is 3.96. The van der Waals surface area contributed by atoms with E-state index in [0.29, 0.717) is 6.04 Å². The summed E-state index contributed by atoms with van der Waals surface area (Å²) in [5.41, 5.74) is 1.26. The molecule has 16 heavy (non-hydrogen) atoms. The number of nitrogens with one attached hydrogen (secondary N) is 2. The number of aromatic nitrogens is 2. The smallest absolute Gasteiger partial charge is 0.0532 e. The summed E-state index contributed by atoms with van der Waals surface area (Å²) in [4.78, 5) is 0. The standard InChI is InChI=1S/C13H23N3/c1-10(2)12-3-5-13(6-4-12)14-7-11-8-15-16-9-11/h8-10,12-14H,3-7H2,1-2H3,(H,15,16). The van der Waals surface area contributed by atoms with Crippen LogP contribution in [0.1, 0.15) is 45.1 Å². The first-order chi connectivity index (χ1) is 7.75. The molecule has 0 aromatic carbocycles. The summed E-state index contributed by atoms with van der Waals surface area (Å²) in [5, 5.41) is 10.4. The van der Waals surface area contributed by atoms with E-state index in [1.54, 1.807) is 0 Å².